The van der Waals surface area contributed by atoms with Gasteiger partial charge in [-0.05, 0) is 61.2 Å². The molecule has 7 heteroatoms. The molecular weight excluding hydrogens is 366 g/mol. The van der Waals surface area contributed by atoms with Crippen molar-refractivity contribution in [2.24, 2.45) is 11.5 Å². The number of hydrogen-bond donors (Lipinski definition) is 3. The first-order chi connectivity index (χ1) is 14.0. The molecule has 0 atom stereocenters. The minimum absolute atomic E-state index is 0.224. The molecule has 0 bridgehead atoms. The monoisotopic (exact) mass is 387 g/mol. The lowest BCUT2D eigenvalue weighted by Crippen LogP contribution is -2.42. The Morgan fingerprint density at radius 3 is 2.14 bits per heavy atom. The summed E-state index contributed by atoms with van der Waals surface area (Å²) in [5.41, 5.74) is 13.9. The van der Waals surface area contributed by atoms with E-state index in [-0.39, 0.29) is 5.54 Å². The molecule has 1 aliphatic carbocycles. The summed E-state index contributed by atoms with van der Waals surface area (Å²) in [6.45, 7) is 0. The maximum Gasteiger partial charge on any atom is 0.248 e. The van der Waals surface area contributed by atoms with Crippen LogP contribution >= 0.6 is 0 Å². The highest BCUT2D eigenvalue weighted by molar-refractivity contribution is 5.94. The molecule has 7 nitrogen and oxygen atoms in total. The van der Waals surface area contributed by atoms with E-state index in [0.29, 0.717) is 22.6 Å². The van der Waals surface area contributed by atoms with Gasteiger partial charge in [0.15, 0.2) is 0 Å². The first-order valence-corrected chi connectivity index (χ1v) is 9.39. The van der Waals surface area contributed by atoms with Gasteiger partial charge >= 0.3 is 0 Å². The number of anilines is 1. The van der Waals surface area contributed by atoms with Gasteiger partial charge in [0.2, 0.25) is 11.8 Å². The molecule has 4 rings (SSSR count). The summed E-state index contributed by atoms with van der Waals surface area (Å²) in [6.07, 6.45) is 3.04. The summed E-state index contributed by atoms with van der Waals surface area (Å²) >= 11 is 0. The zero-order chi connectivity index (χ0) is 20.4. The standard InChI is InChI=1S/C22H21N5O2/c23-20(28)14-5-7-17(8-6-14)22(11-2-12-22)25-19-10-9-18(26-27-19)15-3-1-4-16(13-15)21(24)29/h1,3-10,13H,2,11-12H2,(H2,23,28)(H2,24,29)(H,25,27). The fourth-order valence-corrected chi connectivity index (χ4v) is 3.60. The van der Waals surface area contributed by atoms with Crippen molar-refractivity contribution in [3.8, 4) is 11.3 Å². The van der Waals surface area contributed by atoms with Gasteiger partial charge in [-0.3, -0.25) is 9.59 Å². The number of rotatable bonds is 6. The number of aromatic nitrogens is 2. The topological polar surface area (TPSA) is 124 Å². The van der Waals surface area contributed by atoms with E-state index >= 15 is 0 Å². The lowest BCUT2D eigenvalue weighted by Gasteiger charge is -2.43. The van der Waals surface area contributed by atoms with Crippen molar-refractivity contribution in [3.63, 3.8) is 0 Å². The molecule has 0 unspecified atom stereocenters. The van der Waals surface area contributed by atoms with Crippen LogP contribution in [-0.2, 0) is 5.54 Å². The van der Waals surface area contributed by atoms with E-state index < -0.39 is 11.8 Å². The maximum absolute atomic E-state index is 11.4. The maximum atomic E-state index is 11.4. The number of nitrogens with one attached hydrogen (secondary N) is 1. The Kier molecular flexibility index (Phi) is 4.72. The number of carbonyl (C=O) groups is 2. The number of nitrogens with two attached hydrogens (primary N) is 2. The minimum atomic E-state index is -0.479. The third kappa shape index (κ3) is 3.67. The molecule has 1 aliphatic rings. The van der Waals surface area contributed by atoms with Crippen molar-refractivity contribution in [2.45, 2.75) is 24.8 Å². The average Bonchev–Trinajstić information content (AvgIpc) is 2.71. The molecule has 29 heavy (non-hydrogen) atoms. The highest BCUT2D eigenvalue weighted by atomic mass is 16.1. The van der Waals surface area contributed by atoms with E-state index in [1.165, 1.54) is 0 Å². The highest BCUT2D eigenvalue weighted by Gasteiger charge is 2.39. The molecule has 3 aromatic rings. The third-order valence-electron chi connectivity index (χ3n) is 5.40. The lowest BCUT2D eigenvalue weighted by atomic mass is 9.71. The van der Waals surface area contributed by atoms with E-state index in [0.717, 1.165) is 30.4 Å². The Morgan fingerprint density at radius 2 is 1.59 bits per heavy atom. The quantitative estimate of drug-likeness (QED) is 0.600. The van der Waals surface area contributed by atoms with Crippen LogP contribution in [0.4, 0.5) is 5.82 Å². The second kappa shape index (κ2) is 7.35. The average molecular weight is 387 g/mol. The first-order valence-electron chi connectivity index (χ1n) is 9.39. The summed E-state index contributed by atoms with van der Waals surface area (Å²) in [7, 11) is 0. The summed E-state index contributed by atoms with van der Waals surface area (Å²) in [4.78, 5) is 22.7. The molecule has 2 aromatic carbocycles. The molecule has 5 N–H and O–H groups in total. The van der Waals surface area contributed by atoms with E-state index in [2.05, 4.69) is 15.5 Å². The van der Waals surface area contributed by atoms with Crippen LogP contribution in [0.15, 0.2) is 60.7 Å². The zero-order valence-electron chi connectivity index (χ0n) is 15.8. The molecule has 0 radical (unpaired) electrons. The SMILES string of the molecule is NC(=O)c1ccc(C2(Nc3ccc(-c4cccc(C(N)=O)c4)nn3)CCC2)cc1. The second-order valence-corrected chi connectivity index (χ2v) is 7.25. The van der Waals surface area contributed by atoms with Crippen molar-refractivity contribution in [1.82, 2.24) is 10.2 Å². The van der Waals surface area contributed by atoms with Crippen molar-refractivity contribution in [2.75, 3.05) is 5.32 Å². The Bertz CT molecular complexity index is 1060. The molecule has 1 saturated carbocycles. The number of amides is 2. The van der Waals surface area contributed by atoms with Crippen LogP contribution in [-0.4, -0.2) is 22.0 Å². The van der Waals surface area contributed by atoms with Crippen LogP contribution in [0, 0.1) is 0 Å². The van der Waals surface area contributed by atoms with Crippen molar-refractivity contribution < 1.29 is 9.59 Å². The number of nitrogens with zero attached hydrogens (tertiary/aromatic N) is 2. The Hall–Kier alpha value is -3.74. The van der Waals surface area contributed by atoms with Gasteiger partial charge in [0.05, 0.1) is 11.2 Å². The van der Waals surface area contributed by atoms with Crippen molar-refractivity contribution in [3.05, 3.63) is 77.4 Å². The van der Waals surface area contributed by atoms with Gasteiger partial charge in [-0.1, -0.05) is 24.3 Å². The van der Waals surface area contributed by atoms with E-state index in [1.54, 1.807) is 30.3 Å². The first kappa shape index (κ1) is 18.6. The number of primary amides is 2. The normalized spacial score (nSPS) is 14.6. The molecule has 1 heterocycles. The predicted octanol–water partition coefficient (Wildman–Crippen LogP) is 2.83. The van der Waals surface area contributed by atoms with Gasteiger partial charge in [0, 0.05) is 16.7 Å². The predicted molar refractivity (Wildman–Crippen MR) is 110 cm³/mol. The fraction of sp³-hybridized carbons (Fsp3) is 0.182. The number of hydrogen-bond acceptors (Lipinski definition) is 5. The van der Waals surface area contributed by atoms with Crippen LogP contribution in [0.25, 0.3) is 11.3 Å². The summed E-state index contributed by atoms with van der Waals surface area (Å²) in [5.74, 6) is -0.250. The third-order valence-corrected chi connectivity index (χ3v) is 5.40. The smallest absolute Gasteiger partial charge is 0.248 e. The molecular formula is C22H21N5O2. The van der Waals surface area contributed by atoms with Crippen molar-refractivity contribution >= 4 is 17.6 Å². The van der Waals surface area contributed by atoms with Gasteiger partial charge in [0.25, 0.3) is 0 Å². The lowest BCUT2D eigenvalue weighted by molar-refractivity contribution is 0.0992. The van der Waals surface area contributed by atoms with E-state index in [4.69, 9.17) is 11.5 Å². The van der Waals surface area contributed by atoms with Gasteiger partial charge in [0.1, 0.15) is 5.82 Å². The minimum Gasteiger partial charge on any atom is -0.366 e. The van der Waals surface area contributed by atoms with Crippen LogP contribution in [0.1, 0.15) is 45.5 Å². The summed E-state index contributed by atoms with van der Waals surface area (Å²) in [6, 6.07) is 18.1. The Morgan fingerprint density at radius 1 is 0.862 bits per heavy atom. The van der Waals surface area contributed by atoms with Gasteiger partial charge in [-0.2, -0.15) is 0 Å². The zero-order valence-corrected chi connectivity index (χ0v) is 15.8. The molecule has 1 fully saturated rings. The Labute approximate surface area is 168 Å². The molecule has 146 valence electrons. The van der Waals surface area contributed by atoms with Crippen molar-refractivity contribution in [1.29, 1.82) is 0 Å². The molecule has 2 amide bonds. The number of benzene rings is 2. The molecule has 0 aliphatic heterocycles. The van der Waals surface area contributed by atoms with Crippen LogP contribution in [0.2, 0.25) is 0 Å². The van der Waals surface area contributed by atoms with E-state index in [9.17, 15) is 9.59 Å². The fourth-order valence-electron chi connectivity index (χ4n) is 3.60. The summed E-state index contributed by atoms with van der Waals surface area (Å²) in [5, 5.41) is 12.1. The van der Waals surface area contributed by atoms with Gasteiger partial charge < -0.3 is 16.8 Å². The Balaban J connectivity index is 1.55. The van der Waals surface area contributed by atoms with Gasteiger partial charge in [-0.25, -0.2) is 0 Å². The molecule has 1 aromatic heterocycles. The second-order valence-electron chi connectivity index (χ2n) is 7.25. The van der Waals surface area contributed by atoms with Crippen LogP contribution < -0.4 is 16.8 Å². The van der Waals surface area contributed by atoms with Crippen LogP contribution in [0.3, 0.4) is 0 Å². The molecule has 0 spiro atoms. The summed E-state index contributed by atoms with van der Waals surface area (Å²) < 4.78 is 0. The highest BCUT2D eigenvalue weighted by Crippen LogP contribution is 2.43. The van der Waals surface area contributed by atoms with Crippen LogP contribution in [0.5, 0.6) is 0 Å². The number of carbonyl (C=O) groups excluding carboxylic acids is 2. The molecule has 0 saturated heterocycles. The van der Waals surface area contributed by atoms with Gasteiger partial charge in [-0.15, -0.1) is 10.2 Å². The van der Waals surface area contributed by atoms with E-state index in [1.807, 2.05) is 30.3 Å². The largest absolute Gasteiger partial charge is 0.366 e.